The zero-order chi connectivity index (χ0) is 24.2. The Balaban J connectivity index is 1.37. The van der Waals surface area contributed by atoms with E-state index in [0.717, 1.165) is 37.1 Å². The zero-order valence-electron chi connectivity index (χ0n) is 19.9. The minimum Gasteiger partial charge on any atom is -0.494 e. The minimum absolute atomic E-state index is 0.0102. The van der Waals surface area contributed by atoms with Crippen LogP contribution in [0.3, 0.4) is 0 Å². The third kappa shape index (κ3) is 5.26. The number of pyridine rings is 1. The number of sulfonamides is 1. The average molecular weight is 504 g/mol. The highest BCUT2D eigenvalue weighted by molar-refractivity contribution is 7.98. The zero-order valence-corrected chi connectivity index (χ0v) is 21.5. The van der Waals surface area contributed by atoms with Crippen molar-refractivity contribution in [3.8, 4) is 5.75 Å². The maximum absolute atomic E-state index is 13.3. The molecule has 0 atom stereocenters. The van der Waals surface area contributed by atoms with Gasteiger partial charge in [-0.2, -0.15) is 4.31 Å². The van der Waals surface area contributed by atoms with Crippen molar-refractivity contribution in [1.29, 1.82) is 0 Å². The summed E-state index contributed by atoms with van der Waals surface area (Å²) in [6.07, 6.45) is 8.10. The molecule has 184 valence electrons. The fraction of sp³-hybridized carbons (Fsp3) is 0.520. The summed E-state index contributed by atoms with van der Waals surface area (Å²) in [6.45, 7) is 5.04. The van der Waals surface area contributed by atoms with Crippen molar-refractivity contribution in [1.82, 2.24) is 14.2 Å². The van der Waals surface area contributed by atoms with E-state index in [9.17, 15) is 13.2 Å². The lowest BCUT2D eigenvalue weighted by molar-refractivity contribution is 0.0595. The molecule has 1 amide bonds. The molecule has 0 unspecified atom stereocenters. The van der Waals surface area contributed by atoms with Crippen molar-refractivity contribution in [2.24, 2.45) is 5.41 Å². The standard InChI is InChI=1S/C25H33N3O4S2/c1-3-4-18-32-20-7-9-21(10-8-20)34(30,31)28-17-13-25(19-28)11-15-27(16-12-25)24(29)22-6-5-14-26-23(22)33-2/h5-10,14H,3-4,11-13,15-19H2,1-2H3. The van der Waals surface area contributed by atoms with Crippen molar-refractivity contribution in [2.45, 2.75) is 48.9 Å². The molecule has 7 nitrogen and oxygen atoms in total. The Bertz CT molecular complexity index is 1100. The van der Waals surface area contributed by atoms with E-state index in [0.29, 0.717) is 49.0 Å². The molecule has 0 N–H and O–H groups in total. The molecule has 0 saturated carbocycles. The van der Waals surface area contributed by atoms with Gasteiger partial charge < -0.3 is 9.64 Å². The third-order valence-corrected chi connectivity index (χ3v) is 9.51. The summed E-state index contributed by atoms with van der Waals surface area (Å²) in [5.41, 5.74) is 0.577. The largest absolute Gasteiger partial charge is 0.494 e. The van der Waals surface area contributed by atoms with Gasteiger partial charge in [0, 0.05) is 32.4 Å². The number of aromatic nitrogens is 1. The smallest absolute Gasteiger partial charge is 0.256 e. The molecule has 2 aromatic rings. The second-order valence-electron chi connectivity index (χ2n) is 9.11. The van der Waals surface area contributed by atoms with Gasteiger partial charge in [-0.1, -0.05) is 13.3 Å². The van der Waals surface area contributed by atoms with E-state index in [-0.39, 0.29) is 11.3 Å². The van der Waals surface area contributed by atoms with Gasteiger partial charge in [0.15, 0.2) is 0 Å². The SMILES string of the molecule is CCCCOc1ccc(S(=O)(=O)N2CCC3(CCN(C(=O)c4cccnc4SC)CC3)C2)cc1. The molecule has 1 aromatic heterocycles. The van der Waals surface area contributed by atoms with Gasteiger partial charge in [-0.25, -0.2) is 13.4 Å². The fourth-order valence-electron chi connectivity index (χ4n) is 4.77. The number of unbranched alkanes of at least 4 members (excludes halogenated alkanes) is 1. The van der Waals surface area contributed by atoms with E-state index < -0.39 is 10.0 Å². The molecule has 2 aliphatic heterocycles. The highest BCUT2D eigenvalue weighted by atomic mass is 32.2. The number of benzene rings is 1. The maximum Gasteiger partial charge on any atom is 0.256 e. The van der Waals surface area contributed by atoms with Crippen LogP contribution in [0.15, 0.2) is 52.5 Å². The van der Waals surface area contributed by atoms with E-state index in [2.05, 4.69) is 11.9 Å². The first-order valence-electron chi connectivity index (χ1n) is 11.9. The van der Waals surface area contributed by atoms with Crippen molar-refractivity contribution in [3.63, 3.8) is 0 Å². The van der Waals surface area contributed by atoms with Crippen LogP contribution in [0, 0.1) is 5.41 Å². The molecule has 0 bridgehead atoms. The Morgan fingerprint density at radius 2 is 1.82 bits per heavy atom. The van der Waals surface area contributed by atoms with Gasteiger partial charge in [0.2, 0.25) is 10.0 Å². The number of thioether (sulfide) groups is 1. The predicted molar refractivity (Wildman–Crippen MR) is 134 cm³/mol. The Kier molecular flexibility index (Phi) is 7.84. The van der Waals surface area contributed by atoms with E-state index >= 15 is 0 Å². The van der Waals surface area contributed by atoms with Crippen LogP contribution in [0.4, 0.5) is 0 Å². The first-order valence-corrected chi connectivity index (χ1v) is 14.6. The highest BCUT2D eigenvalue weighted by Crippen LogP contribution is 2.42. The Labute approximate surface area is 206 Å². The fourth-order valence-corrected chi connectivity index (χ4v) is 6.86. The van der Waals surface area contributed by atoms with Crippen LogP contribution in [0.1, 0.15) is 49.4 Å². The van der Waals surface area contributed by atoms with Crippen molar-refractivity contribution >= 4 is 27.7 Å². The number of likely N-dealkylation sites (tertiary alicyclic amines) is 1. The second kappa shape index (κ2) is 10.7. The van der Waals surface area contributed by atoms with Crippen molar-refractivity contribution in [3.05, 3.63) is 48.2 Å². The van der Waals surface area contributed by atoms with Crippen LogP contribution in [0.25, 0.3) is 0 Å². The number of carbonyl (C=O) groups is 1. The Morgan fingerprint density at radius 1 is 1.12 bits per heavy atom. The first kappa shape index (κ1) is 25.0. The van der Waals surface area contributed by atoms with Crippen LogP contribution in [0.5, 0.6) is 5.75 Å². The van der Waals surface area contributed by atoms with Gasteiger partial charge in [0.05, 0.1) is 17.1 Å². The van der Waals surface area contributed by atoms with E-state index in [1.165, 1.54) is 11.8 Å². The van der Waals surface area contributed by atoms with Crippen molar-refractivity contribution < 1.29 is 17.9 Å². The van der Waals surface area contributed by atoms with Gasteiger partial charge in [-0.05, 0) is 73.8 Å². The van der Waals surface area contributed by atoms with Gasteiger partial charge in [-0.15, -0.1) is 11.8 Å². The lowest BCUT2D eigenvalue weighted by atomic mass is 9.78. The molecule has 1 aromatic carbocycles. The van der Waals surface area contributed by atoms with Crippen LogP contribution >= 0.6 is 11.8 Å². The number of carbonyl (C=O) groups excluding carboxylic acids is 1. The summed E-state index contributed by atoms with van der Waals surface area (Å²) in [5.74, 6) is 0.705. The van der Waals surface area contributed by atoms with Gasteiger partial charge >= 0.3 is 0 Å². The van der Waals surface area contributed by atoms with Gasteiger partial charge in [0.1, 0.15) is 10.8 Å². The number of amides is 1. The van der Waals surface area contributed by atoms with Gasteiger partial charge in [0.25, 0.3) is 5.91 Å². The van der Waals surface area contributed by atoms with Crippen LogP contribution in [-0.4, -0.2) is 67.6 Å². The molecule has 2 aliphatic rings. The van der Waals surface area contributed by atoms with E-state index in [1.807, 2.05) is 17.2 Å². The molecule has 2 saturated heterocycles. The summed E-state index contributed by atoms with van der Waals surface area (Å²) >= 11 is 1.47. The van der Waals surface area contributed by atoms with Crippen LogP contribution < -0.4 is 4.74 Å². The molecule has 0 aliphatic carbocycles. The molecule has 1 spiro atoms. The number of nitrogens with zero attached hydrogens (tertiary/aromatic N) is 3. The predicted octanol–water partition coefficient (Wildman–Crippen LogP) is 4.30. The summed E-state index contributed by atoms with van der Waals surface area (Å²) in [7, 11) is -3.55. The number of ether oxygens (including phenoxy) is 1. The molecule has 0 radical (unpaired) electrons. The molecular weight excluding hydrogens is 470 g/mol. The molecule has 9 heteroatoms. The van der Waals surface area contributed by atoms with E-state index in [1.54, 1.807) is 40.8 Å². The minimum atomic E-state index is -3.55. The monoisotopic (exact) mass is 503 g/mol. The van der Waals surface area contributed by atoms with Crippen LogP contribution in [-0.2, 0) is 10.0 Å². The summed E-state index contributed by atoms with van der Waals surface area (Å²) in [4.78, 5) is 19.6. The number of hydrogen-bond acceptors (Lipinski definition) is 6. The molecule has 3 heterocycles. The quantitative estimate of drug-likeness (QED) is 0.395. The summed E-state index contributed by atoms with van der Waals surface area (Å²) < 4.78 is 33.8. The topological polar surface area (TPSA) is 79.8 Å². The van der Waals surface area contributed by atoms with Crippen molar-refractivity contribution in [2.75, 3.05) is 39.0 Å². The number of rotatable bonds is 8. The van der Waals surface area contributed by atoms with E-state index in [4.69, 9.17) is 4.74 Å². The van der Waals surface area contributed by atoms with Crippen LogP contribution in [0.2, 0.25) is 0 Å². The normalized spacial score (nSPS) is 18.4. The lowest BCUT2D eigenvalue weighted by Crippen LogP contribution is -2.44. The lowest BCUT2D eigenvalue weighted by Gasteiger charge is -2.39. The number of piperidine rings is 1. The second-order valence-corrected chi connectivity index (χ2v) is 11.8. The molecule has 34 heavy (non-hydrogen) atoms. The summed E-state index contributed by atoms with van der Waals surface area (Å²) in [5, 5.41) is 0.743. The number of hydrogen-bond donors (Lipinski definition) is 0. The average Bonchev–Trinajstić information content (AvgIpc) is 3.29. The Morgan fingerprint density at radius 3 is 2.50 bits per heavy atom. The third-order valence-electron chi connectivity index (χ3n) is 6.94. The summed E-state index contributed by atoms with van der Waals surface area (Å²) in [6, 6.07) is 10.4. The Hall–Kier alpha value is -2.10. The highest BCUT2D eigenvalue weighted by Gasteiger charge is 2.45. The maximum atomic E-state index is 13.3. The first-order chi connectivity index (χ1) is 16.4. The van der Waals surface area contributed by atoms with Gasteiger partial charge in [-0.3, -0.25) is 4.79 Å². The molecule has 4 rings (SSSR count). The molecule has 2 fully saturated rings. The molecular formula is C25H33N3O4S2.